The average molecular weight is 279 g/mol. The predicted octanol–water partition coefficient (Wildman–Crippen LogP) is 0.644. The summed E-state index contributed by atoms with van der Waals surface area (Å²) in [7, 11) is 4.13. The van der Waals surface area contributed by atoms with Crippen molar-refractivity contribution in [1.29, 1.82) is 0 Å². The molecule has 2 rings (SSSR count). The number of likely N-dealkylation sites (N-methyl/N-ethyl adjacent to an activating group) is 1. The van der Waals surface area contributed by atoms with Crippen molar-refractivity contribution in [2.45, 2.75) is 18.6 Å². The lowest BCUT2D eigenvalue weighted by Crippen LogP contribution is -2.39. The maximum atomic E-state index is 9.81. The summed E-state index contributed by atoms with van der Waals surface area (Å²) in [5.74, 6) is 0.836. The Bertz CT molecular complexity index is 408. The van der Waals surface area contributed by atoms with Crippen molar-refractivity contribution in [3.05, 3.63) is 24.3 Å². The SMILES string of the molecule is CN(C)CC1CC(O)CN1CCOc1ccc(N)cc1. The van der Waals surface area contributed by atoms with E-state index in [1.807, 2.05) is 24.3 Å². The van der Waals surface area contributed by atoms with Crippen LogP contribution in [0.2, 0.25) is 0 Å². The normalized spacial score (nSPS) is 23.4. The summed E-state index contributed by atoms with van der Waals surface area (Å²) >= 11 is 0. The smallest absolute Gasteiger partial charge is 0.119 e. The molecule has 5 nitrogen and oxygen atoms in total. The molecular formula is C15H25N3O2. The number of benzene rings is 1. The van der Waals surface area contributed by atoms with Gasteiger partial charge in [-0.2, -0.15) is 0 Å². The zero-order valence-electron chi connectivity index (χ0n) is 12.3. The molecule has 0 bridgehead atoms. The Kier molecular flexibility index (Phi) is 5.23. The summed E-state index contributed by atoms with van der Waals surface area (Å²) in [5, 5.41) is 9.81. The van der Waals surface area contributed by atoms with Crippen LogP contribution in [0.1, 0.15) is 6.42 Å². The van der Waals surface area contributed by atoms with Gasteiger partial charge in [-0.3, -0.25) is 4.90 Å². The second kappa shape index (κ2) is 6.92. The molecular weight excluding hydrogens is 254 g/mol. The lowest BCUT2D eigenvalue weighted by Gasteiger charge is -2.26. The van der Waals surface area contributed by atoms with E-state index in [0.717, 1.165) is 37.5 Å². The number of aliphatic hydroxyl groups is 1. The first-order chi connectivity index (χ1) is 9.54. The van der Waals surface area contributed by atoms with Crippen LogP contribution >= 0.6 is 0 Å². The highest BCUT2D eigenvalue weighted by Gasteiger charge is 2.30. The number of anilines is 1. The van der Waals surface area contributed by atoms with Crippen LogP contribution in [0.5, 0.6) is 5.75 Å². The summed E-state index contributed by atoms with van der Waals surface area (Å²) in [6, 6.07) is 7.85. The monoisotopic (exact) mass is 279 g/mol. The molecule has 0 spiro atoms. The number of likely N-dealkylation sites (tertiary alicyclic amines) is 1. The van der Waals surface area contributed by atoms with Gasteiger partial charge in [-0.05, 0) is 44.8 Å². The minimum atomic E-state index is -0.212. The molecule has 0 aliphatic carbocycles. The van der Waals surface area contributed by atoms with Gasteiger partial charge in [0.2, 0.25) is 0 Å². The van der Waals surface area contributed by atoms with Crippen LogP contribution in [0.25, 0.3) is 0 Å². The number of hydrogen-bond donors (Lipinski definition) is 2. The summed E-state index contributed by atoms with van der Waals surface area (Å²) in [5.41, 5.74) is 6.38. The van der Waals surface area contributed by atoms with Crippen LogP contribution in [0, 0.1) is 0 Å². The van der Waals surface area contributed by atoms with E-state index in [0.29, 0.717) is 12.6 Å². The van der Waals surface area contributed by atoms with E-state index >= 15 is 0 Å². The molecule has 1 heterocycles. The van der Waals surface area contributed by atoms with Crippen LogP contribution in [-0.4, -0.2) is 67.4 Å². The van der Waals surface area contributed by atoms with Crippen molar-refractivity contribution >= 4 is 5.69 Å². The minimum Gasteiger partial charge on any atom is -0.492 e. The van der Waals surface area contributed by atoms with Crippen molar-refractivity contribution in [3.63, 3.8) is 0 Å². The van der Waals surface area contributed by atoms with Gasteiger partial charge in [-0.25, -0.2) is 0 Å². The third kappa shape index (κ3) is 4.37. The number of aliphatic hydroxyl groups excluding tert-OH is 1. The summed E-state index contributed by atoms with van der Waals surface area (Å²) in [6.45, 7) is 3.17. The number of hydrogen-bond acceptors (Lipinski definition) is 5. The number of ether oxygens (including phenoxy) is 1. The predicted molar refractivity (Wildman–Crippen MR) is 80.9 cm³/mol. The van der Waals surface area contributed by atoms with E-state index < -0.39 is 0 Å². The standard InChI is InChI=1S/C15H25N3O2/c1-17(2)10-13-9-14(19)11-18(13)7-8-20-15-5-3-12(16)4-6-15/h3-6,13-14,19H,7-11,16H2,1-2H3. The maximum Gasteiger partial charge on any atom is 0.119 e. The fourth-order valence-electron chi connectivity index (χ4n) is 2.69. The van der Waals surface area contributed by atoms with E-state index in [9.17, 15) is 5.11 Å². The molecule has 1 saturated heterocycles. The number of β-amino-alcohol motifs (C(OH)–C–C–N with tert-alkyl or cyclic N) is 1. The Hall–Kier alpha value is -1.30. The fraction of sp³-hybridized carbons (Fsp3) is 0.600. The van der Waals surface area contributed by atoms with Gasteiger partial charge in [-0.15, -0.1) is 0 Å². The largest absolute Gasteiger partial charge is 0.492 e. The minimum absolute atomic E-state index is 0.212. The van der Waals surface area contributed by atoms with Gasteiger partial charge in [0.05, 0.1) is 6.10 Å². The molecule has 5 heteroatoms. The topological polar surface area (TPSA) is 62.0 Å². The molecule has 2 unspecified atom stereocenters. The molecule has 3 N–H and O–H groups in total. The third-order valence-electron chi connectivity index (χ3n) is 3.61. The molecule has 0 aromatic heterocycles. The van der Waals surface area contributed by atoms with E-state index in [4.69, 9.17) is 10.5 Å². The Morgan fingerprint density at radius 1 is 1.35 bits per heavy atom. The molecule has 1 aromatic rings. The van der Waals surface area contributed by atoms with Crippen LogP contribution in [0.15, 0.2) is 24.3 Å². The Morgan fingerprint density at radius 3 is 2.70 bits per heavy atom. The van der Waals surface area contributed by atoms with Crippen molar-refractivity contribution in [2.75, 3.05) is 46.1 Å². The summed E-state index contributed by atoms with van der Waals surface area (Å²) in [6.07, 6.45) is 0.636. The molecule has 0 amide bonds. The van der Waals surface area contributed by atoms with E-state index in [1.54, 1.807) is 0 Å². The molecule has 20 heavy (non-hydrogen) atoms. The first kappa shape index (κ1) is 15.1. The third-order valence-corrected chi connectivity index (χ3v) is 3.61. The van der Waals surface area contributed by atoms with Crippen molar-refractivity contribution < 1.29 is 9.84 Å². The highest BCUT2D eigenvalue weighted by atomic mass is 16.5. The Labute approximate surface area is 120 Å². The Balaban J connectivity index is 1.78. The number of nitrogen functional groups attached to an aromatic ring is 1. The molecule has 1 aliphatic rings. The Morgan fingerprint density at radius 2 is 2.05 bits per heavy atom. The molecule has 0 saturated carbocycles. The second-order valence-electron chi connectivity index (χ2n) is 5.72. The van der Waals surface area contributed by atoms with Crippen LogP contribution in [0.3, 0.4) is 0 Å². The zero-order valence-corrected chi connectivity index (χ0v) is 12.3. The highest BCUT2D eigenvalue weighted by molar-refractivity contribution is 5.41. The van der Waals surface area contributed by atoms with Gasteiger partial charge in [0.25, 0.3) is 0 Å². The van der Waals surface area contributed by atoms with Gasteiger partial charge in [0.15, 0.2) is 0 Å². The van der Waals surface area contributed by atoms with Crippen LogP contribution in [-0.2, 0) is 0 Å². The number of nitrogens with two attached hydrogens (primary N) is 1. The number of rotatable bonds is 6. The zero-order chi connectivity index (χ0) is 14.5. The van der Waals surface area contributed by atoms with Crippen LogP contribution in [0.4, 0.5) is 5.69 Å². The van der Waals surface area contributed by atoms with Crippen molar-refractivity contribution in [1.82, 2.24) is 9.80 Å². The number of nitrogens with zero attached hydrogens (tertiary/aromatic N) is 2. The maximum absolute atomic E-state index is 9.81. The van der Waals surface area contributed by atoms with Crippen molar-refractivity contribution in [2.24, 2.45) is 0 Å². The molecule has 0 radical (unpaired) electrons. The van der Waals surface area contributed by atoms with Crippen LogP contribution < -0.4 is 10.5 Å². The lowest BCUT2D eigenvalue weighted by molar-refractivity contribution is 0.155. The molecule has 112 valence electrons. The van der Waals surface area contributed by atoms with Gasteiger partial charge < -0.3 is 20.5 Å². The molecule has 2 atom stereocenters. The molecule has 1 aliphatic heterocycles. The first-order valence-electron chi connectivity index (χ1n) is 7.10. The lowest BCUT2D eigenvalue weighted by atomic mass is 10.2. The van der Waals surface area contributed by atoms with Gasteiger partial charge in [0.1, 0.15) is 12.4 Å². The highest BCUT2D eigenvalue weighted by Crippen LogP contribution is 2.18. The first-order valence-corrected chi connectivity index (χ1v) is 7.10. The summed E-state index contributed by atoms with van der Waals surface area (Å²) < 4.78 is 5.72. The molecule has 1 fully saturated rings. The summed E-state index contributed by atoms with van der Waals surface area (Å²) in [4.78, 5) is 4.47. The average Bonchev–Trinajstić information content (AvgIpc) is 2.71. The quantitative estimate of drug-likeness (QED) is 0.749. The second-order valence-corrected chi connectivity index (χ2v) is 5.72. The van der Waals surface area contributed by atoms with E-state index in [1.165, 1.54) is 0 Å². The van der Waals surface area contributed by atoms with E-state index in [2.05, 4.69) is 23.9 Å². The van der Waals surface area contributed by atoms with Gasteiger partial charge in [-0.1, -0.05) is 0 Å². The van der Waals surface area contributed by atoms with Gasteiger partial charge in [0, 0.05) is 31.4 Å². The molecule has 1 aromatic carbocycles. The van der Waals surface area contributed by atoms with Crippen molar-refractivity contribution in [3.8, 4) is 5.75 Å². The van der Waals surface area contributed by atoms with Gasteiger partial charge >= 0.3 is 0 Å². The van der Waals surface area contributed by atoms with E-state index in [-0.39, 0.29) is 6.10 Å². The fourth-order valence-corrected chi connectivity index (χ4v) is 2.69.